The number of nitrogens with one attached hydrogen (secondary N) is 1. The van der Waals surface area contributed by atoms with Crippen molar-refractivity contribution in [2.75, 3.05) is 6.54 Å². The summed E-state index contributed by atoms with van der Waals surface area (Å²) in [5.74, 6) is 0.871. The topological polar surface area (TPSA) is 68.3 Å². The van der Waals surface area contributed by atoms with Gasteiger partial charge in [0.15, 0.2) is 11.5 Å². The molecule has 18 heavy (non-hydrogen) atoms. The molecule has 2 heterocycles. The normalized spacial score (nSPS) is 10.6. The van der Waals surface area contributed by atoms with E-state index >= 15 is 0 Å². The van der Waals surface area contributed by atoms with Gasteiger partial charge < -0.3 is 14.3 Å². The van der Waals surface area contributed by atoms with Crippen LogP contribution in [0.5, 0.6) is 0 Å². The van der Waals surface area contributed by atoms with Crippen LogP contribution in [-0.2, 0) is 0 Å². The van der Waals surface area contributed by atoms with Crippen LogP contribution in [-0.4, -0.2) is 17.6 Å². The number of carbonyl (C=O) groups excluding carboxylic acids is 1. The molecule has 1 amide bonds. The fourth-order valence-electron chi connectivity index (χ4n) is 1.65. The fourth-order valence-corrected chi connectivity index (χ4v) is 1.65. The van der Waals surface area contributed by atoms with Gasteiger partial charge in [0.1, 0.15) is 0 Å². The Morgan fingerprint density at radius 2 is 2.33 bits per heavy atom. The Hall–Kier alpha value is -2.04. The minimum Gasteiger partial charge on any atom is -0.461 e. The number of nitrogens with zero attached hydrogens (tertiary/aromatic N) is 1. The largest absolute Gasteiger partial charge is 0.461 e. The number of amides is 1. The molecule has 0 spiro atoms. The number of unbranched alkanes of at least 4 members (excludes halogenated alkanes) is 1. The Labute approximate surface area is 105 Å². The molecular formula is C13H16N2O3. The van der Waals surface area contributed by atoms with E-state index in [9.17, 15) is 4.79 Å². The van der Waals surface area contributed by atoms with Crippen LogP contribution in [0.15, 0.2) is 27.3 Å². The summed E-state index contributed by atoms with van der Waals surface area (Å²) >= 11 is 0. The zero-order valence-electron chi connectivity index (χ0n) is 10.5. The van der Waals surface area contributed by atoms with E-state index < -0.39 is 0 Å². The molecule has 2 aromatic rings. The number of aromatic nitrogens is 1. The molecule has 96 valence electrons. The second-order valence-corrected chi connectivity index (χ2v) is 4.07. The van der Waals surface area contributed by atoms with Crippen LogP contribution in [0.25, 0.3) is 11.5 Å². The summed E-state index contributed by atoms with van der Waals surface area (Å²) in [5, 5.41) is 6.61. The van der Waals surface area contributed by atoms with Gasteiger partial charge in [0.05, 0.1) is 6.26 Å². The Balaban J connectivity index is 2.13. The summed E-state index contributed by atoms with van der Waals surface area (Å²) < 4.78 is 10.4. The molecule has 0 saturated carbocycles. The summed E-state index contributed by atoms with van der Waals surface area (Å²) in [6, 6.07) is 3.53. The van der Waals surface area contributed by atoms with Gasteiger partial charge in [0.25, 0.3) is 5.91 Å². The molecule has 5 nitrogen and oxygen atoms in total. The molecule has 0 unspecified atom stereocenters. The molecule has 0 aromatic carbocycles. The molecule has 2 aromatic heterocycles. The zero-order chi connectivity index (χ0) is 13.0. The van der Waals surface area contributed by atoms with E-state index in [1.807, 2.05) is 0 Å². The molecule has 2 rings (SSSR count). The van der Waals surface area contributed by atoms with E-state index in [0.717, 1.165) is 12.8 Å². The van der Waals surface area contributed by atoms with Crippen molar-refractivity contribution in [2.45, 2.75) is 26.7 Å². The lowest BCUT2D eigenvalue weighted by atomic mass is 10.1. The maximum atomic E-state index is 11.9. The van der Waals surface area contributed by atoms with Crippen LogP contribution < -0.4 is 5.32 Å². The Kier molecular flexibility index (Phi) is 3.82. The lowest BCUT2D eigenvalue weighted by molar-refractivity contribution is 0.0943. The van der Waals surface area contributed by atoms with Crippen LogP contribution in [0.2, 0.25) is 0 Å². The van der Waals surface area contributed by atoms with Crippen LogP contribution in [0.4, 0.5) is 0 Å². The molecule has 0 aliphatic heterocycles. The maximum Gasteiger partial charge on any atom is 0.273 e. The number of furan rings is 1. The van der Waals surface area contributed by atoms with Gasteiger partial charge in [0.2, 0.25) is 5.76 Å². The molecule has 0 aliphatic carbocycles. The maximum absolute atomic E-state index is 11.9. The highest BCUT2D eigenvalue weighted by molar-refractivity contribution is 5.94. The summed E-state index contributed by atoms with van der Waals surface area (Å²) in [6.07, 6.45) is 3.54. The molecule has 5 heteroatoms. The highest BCUT2D eigenvalue weighted by Gasteiger charge is 2.20. The molecule has 0 aliphatic rings. The average Bonchev–Trinajstić information content (AvgIpc) is 2.98. The molecule has 0 atom stereocenters. The van der Waals surface area contributed by atoms with Crippen molar-refractivity contribution < 1.29 is 13.7 Å². The highest BCUT2D eigenvalue weighted by atomic mass is 16.5. The Morgan fingerprint density at radius 1 is 1.50 bits per heavy atom. The first-order valence-electron chi connectivity index (χ1n) is 6.02. The molecule has 1 N–H and O–H groups in total. The van der Waals surface area contributed by atoms with E-state index in [2.05, 4.69) is 17.4 Å². The first kappa shape index (κ1) is 12.4. The minimum absolute atomic E-state index is 0.206. The predicted octanol–water partition coefficient (Wildman–Crippen LogP) is 2.77. The number of rotatable bonds is 5. The van der Waals surface area contributed by atoms with Gasteiger partial charge >= 0.3 is 0 Å². The van der Waals surface area contributed by atoms with E-state index in [4.69, 9.17) is 8.94 Å². The lowest BCUT2D eigenvalue weighted by Gasteiger charge is -2.01. The van der Waals surface area contributed by atoms with Crippen molar-refractivity contribution in [2.24, 2.45) is 0 Å². The smallest absolute Gasteiger partial charge is 0.273 e. The molecular weight excluding hydrogens is 232 g/mol. The van der Waals surface area contributed by atoms with Gasteiger partial charge in [-0.05, 0) is 25.5 Å². The quantitative estimate of drug-likeness (QED) is 0.826. The third kappa shape index (κ3) is 2.45. The summed E-state index contributed by atoms with van der Waals surface area (Å²) in [6.45, 7) is 4.52. The van der Waals surface area contributed by atoms with Crippen LogP contribution >= 0.6 is 0 Å². The van der Waals surface area contributed by atoms with Crippen LogP contribution in [0, 0.1) is 6.92 Å². The van der Waals surface area contributed by atoms with Crippen molar-refractivity contribution in [3.63, 3.8) is 0 Å². The molecule has 0 saturated heterocycles. The first-order chi connectivity index (χ1) is 8.74. The fraction of sp³-hybridized carbons (Fsp3) is 0.385. The van der Waals surface area contributed by atoms with Crippen molar-refractivity contribution in [3.05, 3.63) is 29.7 Å². The summed E-state index contributed by atoms with van der Waals surface area (Å²) in [5.41, 5.74) is 1.01. The number of hydrogen-bond acceptors (Lipinski definition) is 4. The summed E-state index contributed by atoms with van der Waals surface area (Å²) in [7, 11) is 0. The molecule has 0 fully saturated rings. The average molecular weight is 248 g/mol. The molecule has 0 bridgehead atoms. The van der Waals surface area contributed by atoms with E-state index in [-0.39, 0.29) is 5.91 Å². The zero-order valence-corrected chi connectivity index (χ0v) is 10.5. The van der Waals surface area contributed by atoms with Gasteiger partial charge in [-0.1, -0.05) is 18.5 Å². The third-order valence-corrected chi connectivity index (χ3v) is 2.70. The second-order valence-electron chi connectivity index (χ2n) is 4.07. The van der Waals surface area contributed by atoms with Crippen molar-refractivity contribution in [3.8, 4) is 11.5 Å². The van der Waals surface area contributed by atoms with Crippen molar-refractivity contribution in [1.29, 1.82) is 0 Å². The van der Waals surface area contributed by atoms with Gasteiger partial charge in [0, 0.05) is 12.1 Å². The van der Waals surface area contributed by atoms with Gasteiger partial charge in [-0.25, -0.2) is 0 Å². The van der Waals surface area contributed by atoms with Gasteiger partial charge in [-0.15, -0.1) is 0 Å². The number of carbonyl (C=O) groups is 1. The predicted molar refractivity (Wildman–Crippen MR) is 66.2 cm³/mol. The van der Waals surface area contributed by atoms with Crippen molar-refractivity contribution >= 4 is 5.91 Å². The lowest BCUT2D eigenvalue weighted by Crippen LogP contribution is -2.25. The van der Waals surface area contributed by atoms with Crippen LogP contribution in [0.1, 0.15) is 35.8 Å². The third-order valence-electron chi connectivity index (χ3n) is 2.70. The standard InChI is InChI=1S/C13H16N2O3/c1-3-4-7-14-13(16)11-9(2)12(18-15-11)10-6-5-8-17-10/h5-6,8H,3-4,7H2,1-2H3,(H,14,16). The number of hydrogen-bond donors (Lipinski definition) is 1. The Morgan fingerprint density at radius 3 is 3.00 bits per heavy atom. The molecule has 0 radical (unpaired) electrons. The van der Waals surface area contributed by atoms with Gasteiger partial charge in [-0.2, -0.15) is 0 Å². The summed E-state index contributed by atoms with van der Waals surface area (Å²) in [4.78, 5) is 11.9. The van der Waals surface area contributed by atoms with Crippen LogP contribution in [0.3, 0.4) is 0 Å². The van der Waals surface area contributed by atoms with Crippen molar-refractivity contribution in [1.82, 2.24) is 10.5 Å². The van der Waals surface area contributed by atoms with E-state index in [1.54, 1.807) is 25.3 Å². The van der Waals surface area contributed by atoms with Gasteiger partial charge in [-0.3, -0.25) is 4.79 Å². The van der Waals surface area contributed by atoms with E-state index in [1.165, 1.54) is 0 Å². The highest BCUT2D eigenvalue weighted by Crippen LogP contribution is 2.25. The van der Waals surface area contributed by atoms with E-state index in [0.29, 0.717) is 29.3 Å². The monoisotopic (exact) mass is 248 g/mol. The minimum atomic E-state index is -0.206. The second kappa shape index (κ2) is 5.53. The first-order valence-corrected chi connectivity index (χ1v) is 6.02. The Bertz CT molecular complexity index is 514. The SMILES string of the molecule is CCCCNC(=O)c1noc(-c2ccco2)c1C.